The Bertz CT molecular complexity index is 565. The first-order valence-electron chi connectivity index (χ1n) is 8.95. The third-order valence-electron chi connectivity index (χ3n) is 4.88. The Morgan fingerprint density at radius 2 is 2.12 bits per heavy atom. The fraction of sp³-hybridized carbons (Fsp3) is 0.632. The third-order valence-corrected chi connectivity index (χ3v) is 4.88. The summed E-state index contributed by atoms with van der Waals surface area (Å²) in [5.41, 5.74) is 0.488. The second-order valence-corrected chi connectivity index (χ2v) is 6.68. The van der Waals surface area contributed by atoms with Crippen molar-refractivity contribution in [3.8, 4) is 5.75 Å². The van der Waals surface area contributed by atoms with E-state index >= 15 is 0 Å². The van der Waals surface area contributed by atoms with Crippen LogP contribution in [-0.4, -0.2) is 57.7 Å². The minimum atomic E-state index is -0.125. The first kappa shape index (κ1) is 18.2. The highest BCUT2D eigenvalue weighted by atomic mass is 16.5. The Morgan fingerprint density at radius 3 is 2.92 bits per heavy atom. The highest BCUT2D eigenvalue weighted by Crippen LogP contribution is 2.34. The van der Waals surface area contributed by atoms with E-state index in [0.717, 1.165) is 38.9 Å². The maximum Gasteiger partial charge on any atom is 0.251 e. The average Bonchev–Trinajstić information content (AvgIpc) is 2.63. The molecule has 1 atom stereocenters. The van der Waals surface area contributed by atoms with E-state index in [1.807, 2.05) is 18.2 Å². The van der Waals surface area contributed by atoms with Crippen molar-refractivity contribution < 1.29 is 23.7 Å². The summed E-state index contributed by atoms with van der Waals surface area (Å²) in [7, 11) is 1.63. The van der Waals surface area contributed by atoms with Crippen molar-refractivity contribution >= 4 is 5.91 Å². The molecule has 0 aromatic heterocycles. The van der Waals surface area contributed by atoms with E-state index in [0.29, 0.717) is 31.1 Å². The van der Waals surface area contributed by atoms with Crippen LogP contribution in [-0.2, 0) is 14.2 Å². The summed E-state index contributed by atoms with van der Waals surface area (Å²) in [5, 5.41) is 3.16. The van der Waals surface area contributed by atoms with Crippen molar-refractivity contribution in [1.29, 1.82) is 0 Å². The van der Waals surface area contributed by atoms with Gasteiger partial charge in [0.25, 0.3) is 5.91 Å². The zero-order chi connectivity index (χ0) is 17.5. The van der Waals surface area contributed by atoms with E-state index < -0.39 is 0 Å². The van der Waals surface area contributed by atoms with Crippen molar-refractivity contribution in [3.05, 3.63) is 29.8 Å². The Hall–Kier alpha value is -1.63. The molecule has 2 heterocycles. The van der Waals surface area contributed by atoms with Crippen LogP contribution >= 0.6 is 0 Å². The van der Waals surface area contributed by atoms with E-state index in [9.17, 15) is 4.79 Å². The van der Waals surface area contributed by atoms with Gasteiger partial charge in [0.05, 0.1) is 12.2 Å². The van der Waals surface area contributed by atoms with Crippen LogP contribution in [0.25, 0.3) is 0 Å². The number of hydrogen-bond acceptors (Lipinski definition) is 5. The van der Waals surface area contributed by atoms with Crippen LogP contribution < -0.4 is 10.1 Å². The van der Waals surface area contributed by atoms with E-state index in [-0.39, 0.29) is 17.6 Å². The fourth-order valence-corrected chi connectivity index (χ4v) is 3.48. The lowest BCUT2D eigenvalue weighted by atomic mass is 9.84. The van der Waals surface area contributed by atoms with Gasteiger partial charge in [-0.3, -0.25) is 4.79 Å². The van der Waals surface area contributed by atoms with Gasteiger partial charge in [0.2, 0.25) is 0 Å². The molecule has 2 aliphatic heterocycles. The molecule has 2 fully saturated rings. The van der Waals surface area contributed by atoms with Gasteiger partial charge in [0, 0.05) is 38.5 Å². The zero-order valence-corrected chi connectivity index (χ0v) is 14.8. The Kier molecular flexibility index (Phi) is 6.29. The van der Waals surface area contributed by atoms with Crippen LogP contribution in [0.2, 0.25) is 0 Å². The highest BCUT2D eigenvalue weighted by Gasteiger charge is 2.39. The number of methoxy groups -OCH3 is 1. The molecule has 0 radical (unpaired) electrons. The lowest BCUT2D eigenvalue weighted by Gasteiger charge is -2.43. The van der Waals surface area contributed by atoms with Crippen molar-refractivity contribution in [2.75, 3.05) is 40.1 Å². The minimum absolute atomic E-state index is 0.0636. The predicted molar refractivity (Wildman–Crippen MR) is 93.0 cm³/mol. The predicted octanol–water partition coefficient (Wildman–Crippen LogP) is 2.17. The molecular formula is C19H27NO5. The van der Waals surface area contributed by atoms with Gasteiger partial charge < -0.3 is 24.3 Å². The monoisotopic (exact) mass is 349 g/mol. The zero-order valence-electron chi connectivity index (χ0n) is 14.8. The Balaban J connectivity index is 1.57. The van der Waals surface area contributed by atoms with Crippen LogP contribution in [0, 0.1) is 0 Å². The molecule has 1 aromatic rings. The van der Waals surface area contributed by atoms with Gasteiger partial charge in [-0.25, -0.2) is 0 Å². The molecule has 3 rings (SSSR count). The molecule has 0 aliphatic carbocycles. The fourth-order valence-electron chi connectivity index (χ4n) is 3.48. The van der Waals surface area contributed by atoms with Gasteiger partial charge in [-0.1, -0.05) is 6.07 Å². The van der Waals surface area contributed by atoms with Crippen LogP contribution in [0.5, 0.6) is 5.75 Å². The maximum absolute atomic E-state index is 12.6. The van der Waals surface area contributed by atoms with Gasteiger partial charge in [-0.2, -0.15) is 0 Å². The standard InChI is InChI=1S/C19H27NO5/c1-22-11-12-24-17-4-2-3-15(13-17)18(21)20-16-5-8-25-19(14-16)6-9-23-10-7-19/h2-4,13,16H,5-12,14H2,1H3,(H,20,21)/t16-/m1/s1. The normalized spacial score (nSPS) is 22.5. The number of rotatable bonds is 6. The molecule has 6 nitrogen and oxygen atoms in total. The molecule has 138 valence electrons. The number of carbonyl (C=O) groups is 1. The molecular weight excluding hydrogens is 322 g/mol. The Morgan fingerprint density at radius 1 is 1.28 bits per heavy atom. The van der Waals surface area contributed by atoms with Crippen LogP contribution in [0.1, 0.15) is 36.0 Å². The molecule has 1 aromatic carbocycles. The summed E-state index contributed by atoms with van der Waals surface area (Å²) in [6.07, 6.45) is 3.51. The van der Waals surface area contributed by atoms with Crippen LogP contribution in [0.3, 0.4) is 0 Å². The van der Waals surface area contributed by atoms with Gasteiger partial charge in [0.1, 0.15) is 12.4 Å². The van der Waals surface area contributed by atoms with Crippen molar-refractivity contribution in [3.63, 3.8) is 0 Å². The topological polar surface area (TPSA) is 66.0 Å². The largest absolute Gasteiger partial charge is 0.491 e. The molecule has 1 amide bonds. The number of nitrogens with one attached hydrogen (secondary N) is 1. The van der Waals surface area contributed by atoms with Gasteiger partial charge in [-0.15, -0.1) is 0 Å². The number of ether oxygens (including phenoxy) is 4. The van der Waals surface area contributed by atoms with E-state index in [1.165, 1.54) is 0 Å². The third kappa shape index (κ3) is 4.93. The maximum atomic E-state index is 12.6. The molecule has 6 heteroatoms. The van der Waals surface area contributed by atoms with Crippen LogP contribution in [0.4, 0.5) is 0 Å². The SMILES string of the molecule is COCCOc1cccc(C(=O)N[C@@H]2CCOC3(CCOCC3)C2)c1. The summed E-state index contributed by atoms with van der Waals surface area (Å²) in [6, 6.07) is 7.40. The van der Waals surface area contributed by atoms with Gasteiger partial charge in [0.15, 0.2) is 0 Å². The summed E-state index contributed by atoms with van der Waals surface area (Å²) in [6.45, 7) is 3.14. The Labute approximate surface area is 148 Å². The molecule has 0 bridgehead atoms. The van der Waals surface area contributed by atoms with E-state index in [4.69, 9.17) is 18.9 Å². The number of benzene rings is 1. The summed E-state index contributed by atoms with van der Waals surface area (Å²) in [4.78, 5) is 12.6. The van der Waals surface area contributed by atoms with Gasteiger partial charge >= 0.3 is 0 Å². The minimum Gasteiger partial charge on any atom is -0.491 e. The smallest absolute Gasteiger partial charge is 0.251 e. The molecule has 2 saturated heterocycles. The van der Waals surface area contributed by atoms with E-state index in [1.54, 1.807) is 13.2 Å². The first-order chi connectivity index (χ1) is 12.2. The van der Waals surface area contributed by atoms with Crippen molar-refractivity contribution in [2.45, 2.75) is 37.3 Å². The van der Waals surface area contributed by atoms with Crippen molar-refractivity contribution in [2.24, 2.45) is 0 Å². The quantitative estimate of drug-likeness (QED) is 0.798. The molecule has 0 unspecified atom stereocenters. The highest BCUT2D eigenvalue weighted by molar-refractivity contribution is 5.94. The van der Waals surface area contributed by atoms with E-state index in [2.05, 4.69) is 5.32 Å². The lowest BCUT2D eigenvalue weighted by Crippen LogP contribution is -2.51. The second kappa shape index (κ2) is 8.65. The summed E-state index contributed by atoms with van der Waals surface area (Å²) >= 11 is 0. The number of hydrogen-bond donors (Lipinski definition) is 1. The average molecular weight is 349 g/mol. The molecule has 0 saturated carbocycles. The second-order valence-electron chi connectivity index (χ2n) is 6.68. The molecule has 2 aliphatic rings. The lowest BCUT2D eigenvalue weighted by molar-refractivity contribution is -0.139. The number of carbonyl (C=O) groups excluding carboxylic acids is 1. The molecule has 25 heavy (non-hydrogen) atoms. The summed E-state index contributed by atoms with van der Waals surface area (Å²) < 4.78 is 22.0. The number of amides is 1. The molecule has 1 spiro atoms. The first-order valence-corrected chi connectivity index (χ1v) is 8.95. The molecule has 1 N–H and O–H groups in total. The van der Waals surface area contributed by atoms with Crippen molar-refractivity contribution in [1.82, 2.24) is 5.32 Å². The van der Waals surface area contributed by atoms with Crippen LogP contribution in [0.15, 0.2) is 24.3 Å². The summed E-state index contributed by atoms with van der Waals surface area (Å²) in [5.74, 6) is 0.615. The van der Waals surface area contributed by atoms with Gasteiger partial charge in [-0.05, 0) is 43.9 Å².